The third-order valence-corrected chi connectivity index (χ3v) is 5.04. The Balaban J connectivity index is 1.56. The summed E-state index contributed by atoms with van der Waals surface area (Å²) in [6.45, 7) is 6.95. The van der Waals surface area contributed by atoms with Crippen molar-refractivity contribution >= 4 is 34.6 Å². The van der Waals surface area contributed by atoms with Crippen molar-refractivity contribution in [2.45, 2.75) is 13.8 Å². The van der Waals surface area contributed by atoms with Crippen LogP contribution in [0, 0.1) is 0 Å². The van der Waals surface area contributed by atoms with Gasteiger partial charge in [-0.05, 0) is 55.6 Å². The molecule has 0 fully saturated rings. The molecule has 3 rings (SSSR count). The van der Waals surface area contributed by atoms with Crippen LogP contribution in [0.25, 0.3) is 17.0 Å². The Labute approximate surface area is 186 Å². The zero-order valence-corrected chi connectivity index (χ0v) is 18.2. The predicted molar refractivity (Wildman–Crippen MR) is 125 cm³/mol. The van der Waals surface area contributed by atoms with Gasteiger partial charge < -0.3 is 19.4 Å². The van der Waals surface area contributed by atoms with Gasteiger partial charge in [0.1, 0.15) is 18.5 Å². The van der Waals surface area contributed by atoms with E-state index >= 15 is 0 Å². The topological polar surface area (TPSA) is 88.8 Å². The number of benzene rings is 2. The fraction of sp³-hybridized carbons (Fsp3) is 0.240. The molecule has 0 aliphatic rings. The lowest BCUT2D eigenvalue weighted by Crippen LogP contribution is -2.27. The summed E-state index contributed by atoms with van der Waals surface area (Å²) < 4.78 is 10.7. The Morgan fingerprint density at radius 1 is 1.06 bits per heavy atom. The van der Waals surface area contributed by atoms with Crippen LogP contribution in [-0.2, 0) is 9.53 Å². The van der Waals surface area contributed by atoms with Gasteiger partial charge in [-0.1, -0.05) is 26.0 Å². The molecule has 1 heterocycles. The van der Waals surface area contributed by atoms with Crippen LogP contribution >= 0.6 is 0 Å². The largest absolute Gasteiger partial charge is 0.463 e. The van der Waals surface area contributed by atoms with Crippen molar-refractivity contribution in [3.63, 3.8) is 0 Å². The molecule has 7 heteroatoms. The van der Waals surface area contributed by atoms with Gasteiger partial charge in [0.15, 0.2) is 5.43 Å². The number of anilines is 1. The van der Waals surface area contributed by atoms with Gasteiger partial charge in [0, 0.05) is 18.3 Å². The summed E-state index contributed by atoms with van der Waals surface area (Å²) in [6, 6.07) is 13.4. The second-order valence-corrected chi connectivity index (χ2v) is 7.08. The van der Waals surface area contributed by atoms with Crippen molar-refractivity contribution in [1.29, 1.82) is 0 Å². The maximum absolute atomic E-state index is 12.5. The van der Waals surface area contributed by atoms with E-state index in [0.717, 1.165) is 13.1 Å². The highest BCUT2D eigenvalue weighted by molar-refractivity contribution is 6.02. The van der Waals surface area contributed by atoms with Gasteiger partial charge in [-0.15, -0.1) is 0 Å². The highest BCUT2D eigenvalue weighted by Gasteiger charge is 2.09. The standard InChI is InChI=1S/C25H26N2O5/c1-3-27(4-2)15-16-31-25(30)18-9-12-20(13-10-18)26-23(28)14-11-19-17-32-22-8-6-5-7-21(22)24(19)29/h5-14,17H,3-4,15-16H2,1-2H3,(H,26,28)/b14-11+. The minimum atomic E-state index is -0.410. The van der Waals surface area contributed by atoms with Crippen LogP contribution in [0.3, 0.4) is 0 Å². The number of fused-ring (bicyclic) bond motifs is 1. The molecule has 3 aromatic rings. The molecule has 2 aromatic carbocycles. The van der Waals surface area contributed by atoms with E-state index in [-0.39, 0.29) is 11.0 Å². The molecular formula is C25H26N2O5. The molecule has 0 unspecified atom stereocenters. The van der Waals surface area contributed by atoms with Crippen LogP contribution in [0.5, 0.6) is 0 Å². The Kier molecular flexibility index (Phi) is 7.94. The Morgan fingerprint density at radius 3 is 2.50 bits per heavy atom. The summed E-state index contributed by atoms with van der Waals surface area (Å²) in [4.78, 5) is 39.0. The second-order valence-electron chi connectivity index (χ2n) is 7.08. The summed E-state index contributed by atoms with van der Waals surface area (Å²) >= 11 is 0. The molecule has 1 N–H and O–H groups in total. The summed E-state index contributed by atoms with van der Waals surface area (Å²) in [7, 11) is 0. The second kappa shape index (κ2) is 11.1. The molecule has 0 radical (unpaired) electrons. The maximum Gasteiger partial charge on any atom is 0.338 e. The van der Waals surface area contributed by atoms with E-state index in [2.05, 4.69) is 24.1 Å². The molecule has 0 aliphatic heterocycles. The summed E-state index contributed by atoms with van der Waals surface area (Å²) in [6.07, 6.45) is 4.00. The molecule has 32 heavy (non-hydrogen) atoms. The van der Waals surface area contributed by atoms with E-state index in [9.17, 15) is 14.4 Å². The summed E-state index contributed by atoms with van der Waals surface area (Å²) in [5.41, 5.74) is 1.49. The van der Waals surface area contributed by atoms with E-state index in [4.69, 9.17) is 9.15 Å². The number of carbonyl (C=O) groups is 2. The molecule has 0 saturated heterocycles. The molecule has 0 bridgehead atoms. The van der Waals surface area contributed by atoms with Crippen molar-refractivity contribution in [3.05, 3.63) is 82.2 Å². The maximum atomic E-state index is 12.5. The fourth-order valence-corrected chi connectivity index (χ4v) is 3.14. The van der Waals surface area contributed by atoms with Crippen molar-refractivity contribution in [3.8, 4) is 0 Å². The van der Waals surface area contributed by atoms with Gasteiger partial charge in [-0.3, -0.25) is 9.59 Å². The number of para-hydroxylation sites is 1. The molecule has 7 nitrogen and oxygen atoms in total. The third kappa shape index (κ3) is 5.92. The van der Waals surface area contributed by atoms with Crippen LogP contribution in [0.1, 0.15) is 29.8 Å². The van der Waals surface area contributed by atoms with E-state index in [1.807, 2.05) is 0 Å². The molecule has 166 valence electrons. The quantitative estimate of drug-likeness (QED) is 0.405. The number of likely N-dealkylation sites (N-methyl/N-ethyl adjacent to an activating group) is 1. The highest BCUT2D eigenvalue weighted by atomic mass is 16.5. The van der Waals surface area contributed by atoms with Gasteiger partial charge in [0.25, 0.3) is 0 Å². The van der Waals surface area contributed by atoms with E-state index in [0.29, 0.717) is 35.4 Å². The van der Waals surface area contributed by atoms with Crippen LogP contribution in [0.15, 0.2) is 70.1 Å². The van der Waals surface area contributed by atoms with Crippen molar-refractivity contribution in [1.82, 2.24) is 4.90 Å². The minimum Gasteiger partial charge on any atom is -0.463 e. The predicted octanol–water partition coefficient (Wildman–Crippen LogP) is 3.94. The average Bonchev–Trinajstić information content (AvgIpc) is 2.82. The number of nitrogens with zero attached hydrogens (tertiary/aromatic N) is 1. The van der Waals surface area contributed by atoms with Crippen molar-refractivity contribution < 1.29 is 18.7 Å². The number of hydrogen-bond acceptors (Lipinski definition) is 6. The molecule has 1 aromatic heterocycles. The van der Waals surface area contributed by atoms with Crippen LogP contribution in [0.4, 0.5) is 5.69 Å². The van der Waals surface area contributed by atoms with Gasteiger partial charge in [-0.2, -0.15) is 0 Å². The highest BCUT2D eigenvalue weighted by Crippen LogP contribution is 2.13. The lowest BCUT2D eigenvalue weighted by atomic mass is 10.1. The SMILES string of the molecule is CCN(CC)CCOC(=O)c1ccc(NC(=O)/C=C/c2coc3ccccc3c2=O)cc1. The zero-order chi connectivity index (χ0) is 22.9. The normalized spacial score (nSPS) is 11.2. The van der Waals surface area contributed by atoms with E-state index in [1.165, 1.54) is 18.4 Å². The molecule has 0 spiro atoms. The van der Waals surface area contributed by atoms with E-state index in [1.54, 1.807) is 48.5 Å². The van der Waals surface area contributed by atoms with Gasteiger partial charge in [-0.25, -0.2) is 4.79 Å². The summed E-state index contributed by atoms with van der Waals surface area (Å²) in [5, 5.41) is 3.14. The summed E-state index contributed by atoms with van der Waals surface area (Å²) in [5.74, 6) is -0.815. The van der Waals surface area contributed by atoms with Crippen molar-refractivity contribution in [2.75, 3.05) is 31.6 Å². The lowest BCUT2D eigenvalue weighted by molar-refractivity contribution is -0.111. The zero-order valence-electron chi connectivity index (χ0n) is 18.2. The smallest absolute Gasteiger partial charge is 0.338 e. The first-order chi connectivity index (χ1) is 15.5. The first-order valence-corrected chi connectivity index (χ1v) is 10.5. The molecule has 0 aliphatic carbocycles. The van der Waals surface area contributed by atoms with Gasteiger partial charge >= 0.3 is 5.97 Å². The lowest BCUT2D eigenvalue weighted by Gasteiger charge is -2.17. The molecular weight excluding hydrogens is 408 g/mol. The first kappa shape index (κ1) is 23.0. The fourth-order valence-electron chi connectivity index (χ4n) is 3.14. The number of hydrogen-bond donors (Lipinski definition) is 1. The van der Waals surface area contributed by atoms with Gasteiger partial charge in [0.2, 0.25) is 5.91 Å². The Hall–Kier alpha value is -3.71. The number of ether oxygens (including phenoxy) is 1. The van der Waals surface area contributed by atoms with Crippen LogP contribution in [0.2, 0.25) is 0 Å². The van der Waals surface area contributed by atoms with Gasteiger partial charge in [0.05, 0.1) is 16.5 Å². The third-order valence-electron chi connectivity index (χ3n) is 5.04. The monoisotopic (exact) mass is 434 g/mol. The number of amides is 1. The number of carbonyl (C=O) groups excluding carboxylic acids is 2. The van der Waals surface area contributed by atoms with Crippen LogP contribution in [-0.4, -0.2) is 43.0 Å². The Morgan fingerprint density at radius 2 is 1.78 bits per heavy atom. The van der Waals surface area contributed by atoms with E-state index < -0.39 is 11.9 Å². The first-order valence-electron chi connectivity index (χ1n) is 10.5. The van der Waals surface area contributed by atoms with Crippen LogP contribution < -0.4 is 10.7 Å². The number of rotatable bonds is 9. The average molecular weight is 434 g/mol. The molecule has 0 saturated carbocycles. The molecule has 1 amide bonds. The Bertz CT molecular complexity index is 1160. The molecule has 0 atom stereocenters. The number of esters is 1. The minimum absolute atomic E-state index is 0.209. The van der Waals surface area contributed by atoms with Crippen molar-refractivity contribution in [2.24, 2.45) is 0 Å². The number of nitrogens with one attached hydrogen (secondary N) is 1.